The first-order chi connectivity index (χ1) is 10.3. The second-order valence-corrected chi connectivity index (χ2v) is 9.50. The zero-order valence-electron chi connectivity index (χ0n) is 19.0. The molecule has 0 aliphatic rings. The molecule has 0 aromatic rings. The van der Waals surface area contributed by atoms with Gasteiger partial charge in [0.2, 0.25) is 0 Å². The van der Waals surface area contributed by atoms with Crippen LogP contribution in [0.1, 0.15) is 76.7 Å². The summed E-state index contributed by atoms with van der Waals surface area (Å²) in [5, 5.41) is 0. The van der Waals surface area contributed by atoms with Gasteiger partial charge in [-0.15, -0.1) is 0 Å². The molecule has 0 spiro atoms. The molecule has 0 amide bonds. The zero-order chi connectivity index (χ0) is 20.5. The van der Waals surface area contributed by atoms with Crippen LogP contribution in [0.2, 0.25) is 0 Å². The molecule has 0 unspecified atom stereocenters. The van der Waals surface area contributed by atoms with Crippen LogP contribution in [0, 0.1) is 16.2 Å². The van der Waals surface area contributed by atoms with Crippen molar-refractivity contribution < 1.29 is 4.74 Å². The Kier molecular flexibility index (Phi) is 15.4. The third-order valence-electron chi connectivity index (χ3n) is 3.77. The highest BCUT2D eigenvalue weighted by Crippen LogP contribution is 2.24. The fraction of sp³-hybridized carbons (Fsp3) is 0.739. The van der Waals surface area contributed by atoms with Gasteiger partial charge >= 0.3 is 0 Å². The van der Waals surface area contributed by atoms with Gasteiger partial charge in [0.1, 0.15) is 0 Å². The summed E-state index contributed by atoms with van der Waals surface area (Å²) >= 11 is 0. The molecule has 0 rings (SSSR count). The highest BCUT2D eigenvalue weighted by atomic mass is 16.5. The van der Waals surface area contributed by atoms with Gasteiger partial charge in [-0.2, -0.15) is 0 Å². The standard InChI is InChI=1S/C8H17N.C7H14O.C7H14.CH4/c1-7(9(5)6)8(2,3)4;1-6(8-5)7(2,3)4;1-6(2)7(3,4)5;/h1H2,2-6H3;1H2,2-5H3;1H2,2-5H3;1H4. The molecular formula is C23H49NO. The normalized spacial score (nSPS) is 10.8. The van der Waals surface area contributed by atoms with E-state index in [1.807, 2.05) is 14.1 Å². The van der Waals surface area contributed by atoms with E-state index in [1.165, 1.54) is 11.3 Å². The monoisotopic (exact) mass is 355 g/mol. The van der Waals surface area contributed by atoms with Crippen molar-refractivity contribution in [3.63, 3.8) is 0 Å². The van der Waals surface area contributed by atoms with Crippen LogP contribution >= 0.6 is 0 Å². The summed E-state index contributed by atoms with van der Waals surface area (Å²) in [7, 11) is 5.69. The average Bonchev–Trinajstić information content (AvgIpc) is 2.34. The number of hydrogen-bond acceptors (Lipinski definition) is 2. The first-order valence-corrected chi connectivity index (χ1v) is 8.54. The predicted molar refractivity (Wildman–Crippen MR) is 119 cm³/mol. The van der Waals surface area contributed by atoms with Crippen molar-refractivity contribution in [1.82, 2.24) is 4.90 Å². The molecule has 0 saturated carbocycles. The topological polar surface area (TPSA) is 12.5 Å². The molecule has 0 radical (unpaired) electrons. The number of ether oxygens (including phenoxy) is 1. The van der Waals surface area contributed by atoms with Crippen molar-refractivity contribution in [3.05, 3.63) is 36.8 Å². The van der Waals surface area contributed by atoms with Gasteiger partial charge in [-0.1, -0.05) is 95.1 Å². The lowest BCUT2D eigenvalue weighted by Crippen LogP contribution is -2.22. The predicted octanol–water partition coefficient (Wildman–Crippen LogP) is 7.55. The summed E-state index contributed by atoms with van der Waals surface area (Å²) in [4.78, 5) is 2.06. The quantitative estimate of drug-likeness (QED) is 0.374. The largest absolute Gasteiger partial charge is 0.501 e. The van der Waals surface area contributed by atoms with Crippen LogP contribution in [0.4, 0.5) is 0 Å². The van der Waals surface area contributed by atoms with Crippen molar-refractivity contribution in [2.75, 3.05) is 21.2 Å². The average molecular weight is 356 g/mol. The SMILES string of the molecule is C.C=C(C)C(C)(C)C.C=C(N(C)C)C(C)(C)C.C=C(OC)C(C)(C)C. The molecule has 0 aromatic carbocycles. The summed E-state index contributed by atoms with van der Waals surface area (Å²) < 4.78 is 4.92. The van der Waals surface area contributed by atoms with Crippen LogP contribution in [0.5, 0.6) is 0 Å². The Morgan fingerprint density at radius 1 is 0.720 bits per heavy atom. The van der Waals surface area contributed by atoms with E-state index in [1.54, 1.807) is 7.11 Å². The van der Waals surface area contributed by atoms with Crippen molar-refractivity contribution in [3.8, 4) is 0 Å². The molecule has 2 nitrogen and oxygen atoms in total. The Bertz CT molecular complexity index is 395. The molecule has 0 N–H and O–H groups in total. The van der Waals surface area contributed by atoms with E-state index in [-0.39, 0.29) is 18.3 Å². The van der Waals surface area contributed by atoms with Crippen LogP contribution in [0.25, 0.3) is 0 Å². The van der Waals surface area contributed by atoms with E-state index in [0.717, 1.165) is 5.76 Å². The van der Waals surface area contributed by atoms with Gasteiger partial charge in [0.05, 0.1) is 12.9 Å². The Labute approximate surface area is 161 Å². The maximum atomic E-state index is 4.92. The molecular weight excluding hydrogens is 306 g/mol. The van der Waals surface area contributed by atoms with E-state index in [2.05, 4.69) is 93.9 Å². The highest BCUT2D eigenvalue weighted by molar-refractivity contribution is 5.02. The lowest BCUT2D eigenvalue weighted by molar-refractivity contribution is 0.208. The summed E-state index contributed by atoms with van der Waals surface area (Å²) in [6, 6.07) is 0. The van der Waals surface area contributed by atoms with E-state index in [9.17, 15) is 0 Å². The highest BCUT2D eigenvalue weighted by Gasteiger charge is 2.15. The van der Waals surface area contributed by atoms with Gasteiger partial charge < -0.3 is 9.64 Å². The first kappa shape index (κ1) is 31.6. The minimum atomic E-state index is 0. The maximum Gasteiger partial charge on any atom is 0.0937 e. The molecule has 0 atom stereocenters. The third-order valence-corrected chi connectivity index (χ3v) is 3.77. The van der Waals surface area contributed by atoms with Gasteiger partial charge in [-0.25, -0.2) is 0 Å². The molecule has 0 fully saturated rings. The number of rotatable bonds is 2. The molecule has 152 valence electrons. The lowest BCUT2D eigenvalue weighted by atomic mass is 9.89. The van der Waals surface area contributed by atoms with Crippen LogP contribution in [0.15, 0.2) is 36.8 Å². The van der Waals surface area contributed by atoms with E-state index >= 15 is 0 Å². The summed E-state index contributed by atoms with van der Waals surface area (Å²) in [6.07, 6.45) is 0. The Balaban J connectivity index is -0.000000131. The second-order valence-electron chi connectivity index (χ2n) is 9.50. The Morgan fingerprint density at radius 3 is 1.00 bits per heavy atom. The Morgan fingerprint density at radius 2 is 1.00 bits per heavy atom. The van der Waals surface area contributed by atoms with Crippen molar-refractivity contribution in [2.24, 2.45) is 16.2 Å². The van der Waals surface area contributed by atoms with Gasteiger partial charge in [-0.05, 0) is 12.3 Å². The van der Waals surface area contributed by atoms with Crippen LogP contribution in [-0.2, 0) is 4.74 Å². The minimum absolute atomic E-state index is 0. The van der Waals surface area contributed by atoms with Gasteiger partial charge in [0.15, 0.2) is 0 Å². The van der Waals surface area contributed by atoms with Crippen LogP contribution < -0.4 is 0 Å². The van der Waals surface area contributed by atoms with E-state index < -0.39 is 0 Å². The van der Waals surface area contributed by atoms with Crippen LogP contribution in [0.3, 0.4) is 0 Å². The molecule has 0 aliphatic carbocycles. The number of hydrogen-bond donors (Lipinski definition) is 0. The maximum absolute atomic E-state index is 4.92. The molecule has 0 aliphatic heterocycles. The third kappa shape index (κ3) is 19.0. The second kappa shape index (κ2) is 12.2. The van der Waals surface area contributed by atoms with Crippen molar-refractivity contribution in [1.29, 1.82) is 0 Å². The first-order valence-electron chi connectivity index (χ1n) is 8.54. The van der Waals surface area contributed by atoms with E-state index in [4.69, 9.17) is 4.74 Å². The van der Waals surface area contributed by atoms with Crippen molar-refractivity contribution in [2.45, 2.75) is 76.7 Å². The number of methoxy groups -OCH3 is 1. The number of allylic oxidation sites excluding steroid dienone is 3. The lowest BCUT2D eigenvalue weighted by Gasteiger charge is -2.27. The van der Waals surface area contributed by atoms with Crippen molar-refractivity contribution >= 4 is 0 Å². The van der Waals surface area contributed by atoms with Gasteiger partial charge in [0, 0.05) is 30.6 Å². The summed E-state index contributed by atoms with van der Waals surface area (Å²) in [5.74, 6) is 0.831. The van der Waals surface area contributed by atoms with Crippen LogP contribution in [-0.4, -0.2) is 26.1 Å². The van der Waals surface area contributed by atoms with Gasteiger partial charge in [0.25, 0.3) is 0 Å². The summed E-state index contributed by atoms with van der Waals surface area (Å²) in [6.45, 7) is 32.7. The minimum Gasteiger partial charge on any atom is -0.501 e. The zero-order valence-corrected chi connectivity index (χ0v) is 19.0. The molecule has 25 heavy (non-hydrogen) atoms. The molecule has 0 bridgehead atoms. The molecule has 2 heteroatoms. The fourth-order valence-electron chi connectivity index (χ4n) is 0.977. The smallest absolute Gasteiger partial charge is 0.0937 e. The molecule has 0 aromatic heterocycles. The van der Waals surface area contributed by atoms with E-state index in [0.29, 0.717) is 5.41 Å². The number of nitrogens with zero attached hydrogens (tertiary/aromatic N) is 1. The Hall–Kier alpha value is -1.18. The van der Waals surface area contributed by atoms with Gasteiger partial charge in [-0.3, -0.25) is 0 Å². The molecule has 0 heterocycles. The fourth-order valence-corrected chi connectivity index (χ4v) is 0.977. The summed E-state index contributed by atoms with van der Waals surface area (Å²) in [5.41, 5.74) is 3.02. The molecule has 0 saturated heterocycles.